The number of aryl methyl sites for hydroxylation is 1. The van der Waals surface area contributed by atoms with Crippen LogP contribution in [0.2, 0.25) is 5.02 Å². The third kappa shape index (κ3) is 3.96. The Morgan fingerprint density at radius 1 is 1.44 bits per heavy atom. The first-order valence-electron chi connectivity index (χ1n) is 7.94. The van der Waals surface area contributed by atoms with E-state index in [0.717, 1.165) is 0 Å². The molecule has 1 aliphatic heterocycles. The average molecular weight is 364 g/mol. The van der Waals surface area contributed by atoms with Crippen LogP contribution in [0, 0.1) is 6.92 Å². The molecule has 6 nitrogen and oxygen atoms in total. The first-order chi connectivity index (χ1) is 11.9. The summed E-state index contributed by atoms with van der Waals surface area (Å²) in [6.07, 6.45) is 1.67. The Labute approximate surface area is 149 Å². The van der Waals surface area contributed by atoms with E-state index >= 15 is 0 Å². The number of halogens is 1. The molecule has 1 fully saturated rings. The monoisotopic (exact) mass is 363 g/mol. The second kappa shape index (κ2) is 7.19. The van der Waals surface area contributed by atoms with Crippen LogP contribution in [0.15, 0.2) is 34.9 Å². The molecule has 1 N–H and O–H groups in total. The lowest BCUT2D eigenvalue weighted by Gasteiger charge is -2.18. The summed E-state index contributed by atoms with van der Waals surface area (Å²) < 4.78 is 11.1. The summed E-state index contributed by atoms with van der Waals surface area (Å²) in [4.78, 5) is 25.4. The van der Waals surface area contributed by atoms with Crippen LogP contribution < -0.4 is 4.74 Å². The molecule has 7 heteroatoms. The van der Waals surface area contributed by atoms with Crippen LogP contribution in [0.1, 0.15) is 28.1 Å². The molecule has 132 valence electrons. The van der Waals surface area contributed by atoms with E-state index in [1.54, 1.807) is 24.0 Å². The van der Waals surface area contributed by atoms with Crippen molar-refractivity contribution in [2.45, 2.75) is 25.9 Å². The lowest BCUT2D eigenvalue weighted by atomic mass is 10.1. The largest absolute Gasteiger partial charge is 0.488 e. The number of ether oxygens (including phenoxy) is 1. The zero-order valence-corrected chi connectivity index (χ0v) is 14.5. The van der Waals surface area contributed by atoms with Crippen LogP contribution >= 0.6 is 11.6 Å². The van der Waals surface area contributed by atoms with Gasteiger partial charge in [-0.15, -0.1) is 0 Å². The summed E-state index contributed by atoms with van der Waals surface area (Å²) in [6, 6.07) is 7.13. The van der Waals surface area contributed by atoms with Crippen molar-refractivity contribution in [3.63, 3.8) is 0 Å². The fourth-order valence-corrected chi connectivity index (χ4v) is 3.13. The van der Waals surface area contributed by atoms with Crippen molar-refractivity contribution in [2.75, 3.05) is 13.1 Å². The molecule has 1 aromatic heterocycles. The highest BCUT2D eigenvalue weighted by molar-refractivity contribution is 6.30. The third-order valence-corrected chi connectivity index (χ3v) is 4.34. The molecule has 1 atom stereocenters. The number of carboxylic acids is 1. The number of carboxylic acid groups (broad SMARTS) is 1. The van der Waals surface area contributed by atoms with Crippen LogP contribution in [0.3, 0.4) is 0 Å². The highest BCUT2D eigenvalue weighted by atomic mass is 35.5. The Kier molecular flexibility index (Phi) is 4.99. The van der Waals surface area contributed by atoms with Gasteiger partial charge in [-0.3, -0.25) is 9.59 Å². The number of benzene rings is 1. The van der Waals surface area contributed by atoms with Crippen LogP contribution in [-0.4, -0.2) is 41.1 Å². The fraction of sp³-hybridized carbons (Fsp3) is 0.333. The fourth-order valence-electron chi connectivity index (χ4n) is 2.95. The van der Waals surface area contributed by atoms with Gasteiger partial charge in [0, 0.05) is 23.6 Å². The molecule has 1 amide bonds. The molecule has 1 saturated heterocycles. The van der Waals surface area contributed by atoms with Crippen molar-refractivity contribution in [3.8, 4) is 5.75 Å². The molecule has 0 bridgehead atoms. The van der Waals surface area contributed by atoms with E-state index in [1.807, 2.05) is 12.1 Å². The Balaban J connectivity index is 1.69. The van der Waals surface area contributed by atoms with E-state index in [1.165, 1.54) is 6.26 Å². The summed E-state index contributed by atoms with van der Waals surface area (Å²) in [5.41, 5.74) is 0.978. The number of rotatable bonds is 5. The van der Waals surface area contributed by atoms with Crippen LogP contribution in [0.25, 0.3) is 0 Å². The van der Waals surface area contributed by atoms with Crippen LogP contribution in [0.5, 0.6) is 5.75 Å². The molecule has 1 unspecified atom stereocenters. The Hall–Kier alpha value is -2.47. The minimum Gasteiger partial charge on any atom is -0.488 e. The minimum atomic E-state index is -1.04. The number of nitrogens with zero attached hydrogens (tertiary/aromatic N) is 1. The summed E-state index contributed by atoms with van der Waals surface area (Å²) in [7, 11) is 0. The van der Waals surface area contributed by atoms with E-state index in [0.29, 0.717) is 41.4 Å². The van der Waals surface area contributed by atoms with Crippen molar-refractivity contribution < 1.29 is 23.8 Å². The number of aliphatic carboxylic acids is 1. The zero-order chi connectivity index (χ0) is 18.0. The van der Waals surface area contributed by atoms with Crippen molar-refractivity contribution in [2.24, 2.45) is 0 Å². The van der Waals surface area contributed by atoms with Gasteiger partial charge in [-0.2, -0.15) is 0 Å². The number of furan rings is 1. The van der Waals surface area contributed by atoms with Crippen molar-refractivity contribution in [3.05, 3.63) is 52.4 Å². The lowest BCUT2D eigenvalue weighted by Crippen LogP contribution is -2.31. The summed E-state index contributed by atoms with van der Waals surface area (Å²) in [5.74, 6) is -0.404. The first kappa shape index (κ1) is 17.4. The molecule has 1 aliphatic rings. The number of hydrogen-bond acceptors (Lipinski definition) is 4. The van der Waals surface area contributed by atoms with E-state index in [4.69, 9.17) is 25.9 Å². The second-order valence-electron chi connectivity index (χ2n) is 6.02. The van der Waals surface area contributed by atoms with Gasteiger partial charge in [0.25, 0.3) is 5.91 Å². The SMILES string of the molecule is Cc1coc(CC(=O)O)c1C(=O)N1CCC(Oc2cccc(Cl)c2)C1. The lowest BCUT2D eigenvalue weighted by molar-refractivity contribution is -0.136. The van der Waals surface area contributed by atoms with E-state index in [-0.39, 0.29) is 24.2 Å². The Bertz CT molecular complexity index is 801. The quantitative estimate of drug-likeness (QED) is 0.882. The molecule has 0 aliphatic carbocycles. The van der Waals surface area contributed by atoms with E-state index in [2.05, 4.69) is 0 Å². The molecule has 0 spiro atoms. The molecule has 0 saturated carbocycles. The first-order valence-corrected chi connectivity index (χ1v) is 8.32. The van der Waals surface area contributed by atoms with Gasteiger partial charge >= 0.3 is 5.97 Å². The van der Waals surface area contributed by atoms with Gasteiger partial charge < -0.3 is 19.2 Å². The standard InChI is InChI=1S/C18H18ClNO5/c1-11-10-24-15(8-16(21)22)17(11)18(23)20-6-5-14(9-20)25-13-4-2-3-12(19)7-13/h2-4,7,10,14H,5-6,8-9H2,1H3,(H,21,22). The molecule has 3 rings (SSSR count). The van der Waals surface area contributed by atoms with Gasteiger partial charge in [0.05, 0.1) is 18.4 Å². The summed E-state index contributed by atoms with van der Waals surface area (Å²) in [5, 5.41) is 9.55. The van der Waals surface area contributed by atoms with E-state index in [9.17, 15) is 9.59 Å². The maximum absolute atomic E-state index is 12.8. The van der Waals surface area contributed by atoms with Gasteiger partial charge in [0.1, 0.15) is 24.0 Å². The predicted octanol–water partition coefficient (Wildman–Crippen LogP) is 3.16. The van der Waals surface area contributed by atoms with Gasteiger partial charge in [-0.25, -0.2) is 0 Å². The van der Waals surface area contributed by atoms with Gasteiger partial charge in [-0.05, 0) is 25.1 Å². The van der Waals surface area contributed by atoms with Crippen molar-refractivity contribution >= 4 is 23.5 Å². The van der Waals surface area contributed by atoms with Gasteiger partial charge in [0.15, 0.2) is 0 Å². The average Bonchev–Trinajstić information content (AvgIpc) is 3.14. The summed E-state index contributed by atoms with van der Waals surface area (Å²) >= 11 is 5.95. The molecule has 2 heterocycles. The number of hydrogen-bond donors (Lipinski definition) is 1. The minimum absolute atomic E-state index is 0.127. The number of carbonyl (C=O) groups is 2. The van der Waals surface area contributed by atoms with E-state index < -0.39 is 5.97 Å². The van der Waals surface area contributed by atoms with Crippen LogP contribution in [-0.2, 0) is 11.2 Å². The maximum atomic E-state index is 12.8. The van der Waals surface area contributed by atoms with Crippen molar-refractivity contribution in [1.29, 1.82) is 0 Å². The molecule has 1 aromatic carbocycles. The highest BCUT2D eigenvalue weighted by Crippen LogP contribution is 2.25. The number of likely N-dealkylation sites (tertiary alicyclic amines) is 1. The predicted molar refractivity (Wildman–Crippen MR) is 91.2 cm³/mol. The molecular formula is C18H18ClNO5. The maximum Gasteiger partial charge on any atom is 0.311 e. The smallest absolute Gasteiger partial charge is 0.311 e. The Morgan fingerprint density at radius 2 is 2.24 bits per heavy atom. The van der Waals surface area contributed by atoms with Crippen LogP contribution in [0.4, 0.5) is 0 Å². The third-order valence-electron chi connectivity index (χ3n) is 4.11. The normalized spacial score (nSPS) is 16.9. The second-order valence-corrected chi connectivity index (χ2v) is 6.46. The Morgan fingerprint density at radius 3 is 2.96 bits per heavy atom. The van der Waals surface area contributed by atoms with Gasteiger partial charge in [-0.1, -0.05) is 17.7 Å². The topological polar surface area (TPSA) is 80.0 Å². The molecule has 0 radical (unpaired) electrons. The number of amides is 1. The highest BCUT2D eigenvalue weighted by Gasteiger charge is 2.31. The zero-order valence-electron chi connectivity index (χ0n) is 13.7. The van der Waals surface area contributed by atoms with Gasteiger partial charge in [0.2, 0.25) is 0 Å². The number of carbonyl (C=O) groups excluding carboxylic acids is 1. The summed E-state index contributed by atoms with van der Waals surface area (Å²) in [6.45, 7) is 2.71. The molecule has 25 heavy (non-hydrogen) atoms. The molecule has 2 aromatic rings. The van der Waals surface area contributed by atoms with Crippen molar-refractivity contribution in [1.82, 2.24) is 4.90 Å². The molecular weight excluding hydrogens is 346 g/mol.